The van der Waals surface area contributed by atoms with E-state index < -0.39 is 26.8 Å². The van der Waals surface area contributed by atoms with Crippen LogP contribution in [0.4, 0.5) is 10.1 Å². The number of benzene rings is 2. The van der Waals surface area contributed by atoms with Crippen LogP contribution in [0.5, 0.6) is 5.75 Å². The van der Waals surface area contributed by atoms with Crippen molar-refractivity contribution >= 4 is 32.4 Å². The molecule has 4 atom stereocenters. The first-order valence-corrected chi connectivity index (χ1v) is 18.1. The molecular formula is C37H42FN3O5S. The van der Waals surface area contributed by atoms with E-state index >= 15 is 0 Å². The first-order valence-electron chi connectivity index (χ1n) is 16.7. The Bertz CT molecular complexity index is 1940. The van der Waals surface area contributed by atoms with Crippen molar-refractivity contribution in [3.05, 3.63) is 89.1 Å². The lowest BCUT2D eigenvalue weighted by molar-refractivity contribution is 0.0414. The molecular weight excluding hydrogens is 617 g/mol. The van der Waals surface area contributed by atoms with Gasteiger partial charge in [-0.25, -0.2) is 12.8 Å². The lowest BCUT2D eigenvalue weighted by atomic mass is 9.81. The summed E-state index contributed by atoms with van der Waals surface area (Å²) in [7, 11) is -2.02. The summed E-state index contributed by atoms with van der Waals surface area (Å²) in [4.78, 5) is 18.4. The van der Waals surface area contributed by atoms with Crippen molar-refractivity contribution in [2.75, 3.05) is 11.4 Å². The number of aromatic nitrogens is 2. The summed E-state index contributed by atoms with van der Waals surface area (Å²) in [6.07, 6.45) is 7.61. The summed E-state index contributed by atoms with van der Waals surface area (Å²) < 4.78 is 50.1. The molecule has 1 spiro atoms. The number of nitrogens with zero attached hydrogens (tertiary/aromatic N) is 3. The van der Waals surface area contributed by atoms with Crippen LogP contribution in [0.2, 0.25) is 0 Å². The van der Waals surface area contributed by atoms with E-state index in [-0.39, 0.29) is 30.0 Å². The molecule has 10 heteroatoms. The Morgan fingerprint density at radius 1 is 1.15 bits per heavy atom. The van der Waals surface area contributed by atoms with Gasteiger partial charge in [0.25, 0.3) is 0 Å². The third-order valence-electron chi connectivity index (χ3n) is 10.7. The van der Waals surface area contributed by atoms with Crippen LogP contribution >= 0.6 is 0 Å². The molecule has 0 unspecified atom stereocenters. The number of pyridine rings is 1. The summed E-state index contributed by atoms with van der Waals surface area (Å²) >= 11 is 0. The molecule has 7 rings (SSSR count). The van der Waals surface area contributed by atoms with Crippen LogP contribution in [0, 0.1) is 24.6 Å². The number of ether oxygens (including phenoxy) is 1. The number of aliphatic hydroxyl groups is 1. The lowest BCUT2D eigenvalue weighted by Gasteiger charge is -2.28. The third kappa shape index (κ3) is 5.84. The van der Waals surface area contributed by atoms with Crippen molar-refractivity contribution in [2.24, 2.45) is 11.8 Å². The number of hydrogen-bond acceptors (Lipinski definition) is 6. The zero-order chi connectivity index (χ0) is 33.1. The fourth-order valence-electron chi connectivity index (χ4n) is 7.82. The monoisotopic (exact) mass is 659 g/mol. The van der Waals surface area contributed by atoms with Crippen molar-refractivity contribution in [2.45, 2.75) is 88.7 Å². The minimum Gasteiger partial charge on any atom is -0.490 e. The number of ketones is 1. The molecule has 47 heavy (non-hydrogen) atoms. The van der Waals surface area contributed by atoms with Gasteiger partial charge in [0.15, 0.2) is 5.78 Å². The number of sulfonamides is 1. The van der Waals surface area contributed by atoms with E-state index in [4.69, 9.17) is 4.74 Å². The van der Waals surface area contributed by atoms with Gasteiger partial charge in [-0.15, -0.1) is 0 Å². The molecule has 248 valence electrons. The van der Waals surface area contributed by atoms with Gasteiger partial charge in [-0.05, 0) is 105 Å². The second-order valence-corrected chi connectivity index (χ2v) is 16.2. The molecule has 0 bridgehead atoms. The Morgan fingerprint density at radius 2 is 1.91 bits per heavy atom. The smallest absolute Gasteiger partial charge is 0.242 e. The van der Waals surface area contributed by atoms with Crippen LogP contribution in [-0.4, -0.2) is 52.9 Å². The van der Waals surface area contributed by atoms with Crippen molar-refractivity contribution in [3.8, 4) is 5.75 Å². The average Bonchev–Trinajstić information content (AvgIpc) is 3.58. The Balaban J connectivity index is 1.18. The molecule has 2 aliphatic carbocycles. The predicted octanol–water partition coefficient (Wildman–Crippen LogP) is 6.40. The number of carbonyl (C=O) groups excluding carboxylic acids is 1. The maximum absolute atomic E-state index is 14.2. The van der Waals surface area contributed by atoms with Gasteiger partial charge in [-0.3, -0.25) is 14.1 Å². The fourth-order valence-corrected chi connectivity index (χ4v) is 9.72. The van der Waals surface area contributed by atoms with Crippen molar-refractivity contribution in [3.63, 3.8) is 0 Å². The number of rotatable bonds is 10. The normalized spacial score (nSPS) is 22.3. The Morgan fingerprint density at radius 3 is 2.62 bits per heavy atom. The van der Waals surface area contributed by atoms with Crippen LogP contribution in [-0.2, 0) is 29.4 Å². The zero-order valence-electron chi connectivity index (χ0n) is 27.2. The summed E-state index contributed by atoms with van der Waals surface area (Å²) in [5, 5.41) is 12.7. The van der Waals surface area contributed by atoms with Crippen LogP contribution in [0.15, 0.2) is 60.9 Å². The van der Waals surface area contributed by atoms with Gasteiger partial charge in [0.1, 0.15) is 16.3 Å². The van der Waals surface area contributed by atoms with Gasteiger partial charge in [-0.2, -0.15) is 0 Å². The lowest BCUT2D eigenvalue weighted by Crippen LogP contribution is -2.38. The van der Waals surface area contributed by atoms with Crippen LogP contribution in [0.25, 0.3) is 10.9 Å². The van der Waals surface area contributed by atoms with E-state index in [0.717, 1.165) is 52.7 Å². The molecule has 4 aromatic rings. The van der Waals surface area contributed by atoms with Crippen molar-refractivity contribution < 1.29 is 27.4 Å². The summed E-state index contributed by atoms with van der Waals surface area (Å²) in [6, 6.07) is 13.6. The predicted molar refractivity (Wildman–Crippen MR) is 180 cm³/mol. The van der Waals surface area contributed by atoms with E-state index in [2.05, 4.69) is 16.5 Å². The average molecular weight is 660 g/mol. The highest BCUT2D eigenvalue weighted by atomic mass is 32.2. The number of carbonyl (C=O) groups is 1. The topological polar surface area (TPSA) is 102 Å². The minimum absolute atomic E-state index is 0.0539. The number of halogens is 1. The maximum Gasteiger partial charge on any atom is 0.242 e. The summed E-state index contributed by atoms with van der Waals surface area (Å²) in [5.74, 6) is -0.238. The standard InChI is InChI=1S/C37H42FN3O5S/c1-4-25-21-41-22-37(12-13-37)47(44,45)40(3)33-19-27(18-32(25)35(33)41)34(42)20-28(16-24-5-8-29(38)9-6-24)36(43)26-7-10-30(17-26)46-31-11-14-39-23(2)15-31/h5-6,8-9,11,14-15,18-19,21,26,28,30,36,43H,4,7,10,12-13,16-17,20,22H2,1-3H3/t26-,28-,30+,36-/m1/s1. The highest BCUT2D eigenvalue weighted by Crippen LogP contribution is 2.51. The molecule has 0 amide bonds. The van der Waals surface area contributed by atoms with Gasteiger partial charge < -0.3 is 14.4 Å². The molecule has 2 aromatic heterocycles. The van der Waals surface area contributed by atoms with E-state index in [9.17, 15) is 22.7 Å². The van der Waals surface area contributed by atoms with Gasteiger partial charge >= 0.3 is 0 Å². The number of aliphatic hydroxyl groups excluding tert-OH is 1. The van der Waals surface area contributed by atoms with Crippen molar-refractivity contribution in [1.82, 2.24) is 9.55 Å². The molecule has 2 aromatic carbocycles. The molecule has 1 N–H and O–H groups in total. The first-order chi connectivity index (χ1) is 22.5. The van der Waals surface area contributed by atoms with Gasteiger partial charge in [0, 0.05) is 55.1 Å². The molecule has 1 aliphatic heterocycles. The highest BCUT2D eigenvalue weighted by molar-refractivity contribution is 7.94. The maximum atomic E-state index is 14.2. The Hall–Kier alpha value is -3.76. The number of anilines is 1. The van der Waals surface area contributed by atoms with Crippen LogP contribution in [0.3, 0.4) is 0 Å². The Kier molecular flexibility index (Phi) is 8.15. The molecule has 3 aliphatic rings. The molecule has 3 heterocycles. The van der Waals surface area contributed by atoms with E-state index in [1.807, 2.05) is 31.3 Å². The van der Waals surface area contributed by atoms with E-state index in [0.29, 0.717) is 43.5 Å². The largest absolute Gasteiger partial charge is 0.490 e. The van der Waals surface area contributed by atoms with Gasteiger partial charge in [0.05, 0.1) is 23.4 Å². The quantitative estimate of drug-likeness (QED) is 0.198. The van der Waals surface area contributed by atoms with Crippen LogP contribution in [0.1, 0.15) is 72.6 Å². The molecule has 0 saturated heterocycles. The van der Waals surface area contributed by atoms with E-state index in [1.165, 1.54) is 16.4 Å². The molecule has 8 nitrogen and oxygen atoms in total. The second kappa shape index (κ2) is 12.0. The fraction of sp³-hybridized carbons (Fsp3) is 0.459. The first kappa shape index (κ1) is 31.8. The van der Waals surface area contributed by atoms with Crippen LogP contribution < -0.4 is 9.04 Å². The zero-order valence-corrected chi connectivity index (χ0v) is 28.0. The SMILES string of the molecule is CCc1cn2c3c(cc(C(=O)C[C@@H](Cc4ccc(F)cc4)[C@H](O)[C@@H]4CC[C@H](Oc5ccnc(C)c5)C4)cc13)N(C)S(=O)(=O)C1(CC1)C2. The van der Waals surface area contributed by atoms with Gasteiger partial charge in [-0.1, -0.05) is 19.1 Å². The minimum atomic E-state index is -3.62. The summed E-state index contributed by atoms with van der Waals surface area (Å²) in [6.45, 7) is 4.39. The Labute approximate surface area is 275 Å². The molecule has 2 saturated carbocycles. The molecule has 0 radical (unpaired) electrons. The number of Topliss-reactive ketones (excluding diaryl/α,β-unsaturated/α-hetero) is 1. The summed E-state index contributed by atoms with van der Waals surface area (Å²) in [5.41, 5.74) is 4.59. The van der Waals surface area contributed by atoms with Crippen molar-refractivity contribution in [1.29, 1.82) is 0 Å². The molecule has 2 fully saturated rings. The third-order valence-corrected chi connectivity index (χ3v) is 13.2. The highest BCUT2D eigenvalue weighted by Gasteiger charge is 2.58. The number of hydrogen-bond donors (Lipinski definition) is 1. The van der Waals surface area contributed by atoms with E-state index in [1.54, 1.807) is 31.4 Å². The second-order valence-electron chi connectivity index (χ2n) is 13.8. The van der Waals surface area contributed by atoms with Gasteiger partial charge in [0.2, 0.25) is 10.0 Å². The number of aryl methyl sites for hydroxylation is 2.